The third-order valence-electron chi connectivity index (χ3n) is 4.36. The number of alkyl halides is 3. The van der Waals surface area contributed by atoms with Gasteiger partial charge in [-0.1, -0.05) is 0 Å². The summed E-state index contributed by atoms with van der Waals surface area (Å²) in [5.41, 5.74) is 4.70. The molecule has 0 saturated heterocycles. The summed E-state index contributed by atoms with van der Waals surface area (Å²) in [5.74, 6) is -1.06. The quantitative estimate of drug-likeness (QED) is 0.567. The van der Waals surface area contributed by atoms with Gasteiger partial charge >= 0.3 is 6.18 Å². The minimum atomic E-state index is -4.62. The number of pyridine rings is 1. The number of aromatic nitrogens is 3. The maximum absolute atomic E-state index is 13.1. The molecule has 11 heteroatoms. The molecule has 0 unspecified atom stereocenters. The van der Waals surface area contributed by atoms with E-state index >= 15 is 0 Å². The highest BCUT2D eigenvalue weighted by molar-refractivity contribution is 5.92. The van der Waals surface area contributed by atoms with Gasteiger partial charge in [0.25, 0.3) is 5.91 Å². The van der Waals surface area contributed by atoms with Gasteiger partial charge in [0.15, 0.2) is 11.6 Å². The highest BCUT2D eigenvalue weighted by Crippen LogP contribution is 2.36. The molecule has 0 aliphatic rings. The summed E-state index contributed by atoms with van der Waals surface area (Å²) >= 11 is 0. The van der Waals surface area contributed by atoms with Gasteiger partial charge in [-0.3, -0.25) is 9.59 Å². The molecule has 3 aromatic rings. The summed E-state index contributed by atoms with van der Waals surface area (Å²) in [6.07, 6.45) is -3.42. The summed E-state index contributed by atoms with van der Waals surface area (Å²) in [6.45, 7) is 3.03. The topological polar surface area (TPSA) is 120 Å². The zero-order valence-corrected chi connectivity index (χ0v) is 17.0. The minimum absolute atomic E-state index is 0.0723. The van der Waals surface area contributed by atoms with Crippen LogP contribution in [0.4, 0.5) is 19.0 Å². The third-order valence-corrected chi connectivity index (χ3v) is 4.36. The molecule has 3 rings (SSSR count). The van der Waals surface area contributed by atoms with Gasteiger partial charge in [0.1, 0.15) is 22.8 Å². The molecule has 3 N–H and O–H groups in total. The summed E-state index contributed by atoms with van der Waals surface area (Å²) in [4.78, 5) is 35.2. The highest BCUT2D eigenvalue weighted by atomic mass is 19.4. The first-order valence-corrected chi connectivity index (χ1v) is 9.31. The van der Waals surface area contributed by atoms with Crippen LogP contribution in [0, 0.1) is 0 Å². The Labute approximate surface area is 180 Å². The molecular weight excluding hydrogens is 427 g/mol. The largest absolute Gasteiger partial charge is 0.438 e. The van der Waals surface area contributed by atoms with E-state index in [9.17, 15) is 22.8 Å². The fourth-order valence-corrected chi connectivity index (χ4v) is 2.57. The second-order valence-electron chi connectivity index (χ2n) is 6.78. The number of anilines is 1. The fourth-order valence-electron chi connectivity index (χ4n) is 2.57. The summed E-state index contributed by atoms with van der Waals surface area (Å²) < 4.78 is 44.6. The normalized spacial score (nSPS) is 12.2. The number of hydrogen-bond acceptors (Lipinski definition) is 7. The van der Waals surface area contributed by atoms with Crippen molar-refractivity contribution >= 4 is 17.5 Å². The van der Waals surface area contributed by atoms with Gasteiger partial charge in [-0.15, -0.1) is 0 Å². The minimum Gasteiger partial charge on any atom is -0.438 e. The number of rotatable bonds is 7. The molecule has 2 heterocycles. The van der Waals surface area contributed by atoms with Crippen LogP contribution in [0.15, 0.2) is 48.7 Å². The van der Waals surface area contributed by atoms with Gasteiger partial charge < -0.3 is 15.8 Å². The van der Waals surface area contributed by atoms with Crippen LogP contribution in [0.1, 0.15) is 29.9 Å². The molecule has 8 nitrogen and oxygen atoms in total. The van der Waals surface area contributed by atoms with E-state index in [1.807, 2.05) is 0 Å². The van der Waals surface area contributed by atoms with E-state index < -0.39 is 29.6 Å². The van der Waals surface area contributed by atoms with Crippen LogP contribution in [-0.4, -0.2) is 32.7 Å². The first-order valence-electron chi connectivity index (χ1n) is 9.31. The molecule has 0 radical (unpaired) electrons. The van der Waals surface area contributed by atoms with E-state index in [0.29, 0.717) is 5.56 Å². The van der Waals surface area contributed by atoms with Crippen LogP contribution >= 0.6 is 0 Å². The fraction of sp³-hybridized carbons (Fsp3) is 0.190. The van der Waals surface area contributed by atoms with E-state index in [2.05, 4.69) is 20.3 Å². The Bertz CT molecular complexity index is 1150. The van der Waals surface area contributed by atoms with Crippen molar-refractivity contribution in [1.82, 2.24) is 15.0 Å². The van der Waals surface area contributed by atoms with Crippen molar-refractivity contribution in [2.24, 2.45) is 5.73 Å². The molecular formula is C21H18F3N5O3. The van der Waals surface area contributed by atoms with E-state index in [-0.39, 0.29) is 28.9 Å². The lowest BCUT2D eigenvalue weighted by molar-refractivity contribution is -0.138. The molecule has 0 saturated carbocycles. The van der Waals surface area contributed by atoms with Crippen LogP contribution in [0.3, 0.4) is 0 Å². The van der Waals surface area contributed by atoms with E-state index in [0.717, 1.165) is 6.07 Å². The zero-order valence-electron chi connectivity index (χ0n) is 17.0. The molecule has 1 amide bonds. The summed E-state index contributed by atoms with van der Waals surface area (Å²) in [6, 6.07) is 8.63. The summed E-state index contributed by atoms with van der Waals surface area (Å²) in [5, 5.41) is 2.86. The lowest BCUT2D eigenvalue weighted by Crippen LogP contribution is -2.25. The number of nitrogens with zero attached hydrogens (tertiary/aromatic N) is 3. The Kier molecular flexibility index (Phi) is 6.37. The predicted octanol–water partition coefficient (Wildman–Crippen LogP) is 3.84. The summed E-state index contributed by atoms with van der Waals surface area (Å²) in [7, 11) is 0. The van der Waals surface area contributed by atoms with Gasteiger partial charge in [0, 0.05) is 17.8 Å². The third kappa shape index (κ3) is 5.36. The Hall–Kier alpha value is -4.02. The Morgan fingerprint density at radius 3 is 2.41 bits per heavy atom. The Balaban J connectivity index is 1.90. The number of nitrogens with two attached hydrogens (primary N) is 1. The van der Waals surface area contributed by atoms with Crippen molar-refractivity contribution in [2.45, 2.75) is 26.1 Å². The number of halogens is 3. The zero-order chi connectivity index (χ0) is 23.5. The van der Waals surface area contributed by atoms with Crippen molar-refractivity contribution in [3.05, 3.63) is 59.9 Å². The van der Waals surface area contributed by atoms with Crippen LogP contribution in [0.25, 0.3) is 11.4 Å². The second-order valence-corrected chi connectivity index (χ2v) is 6.78. The number of carbonyl (C=O) groups excluding carboxylic acids is 2. The maximum Gasteiger partial charge on any atom is 0.421 e. The maximum atomic E-state index is 13.1. The Morgan fingerprint density at radius 1 is 1.12 bits per heavy atom. The molecule has 0 aliphatic carbocycles. The van der Waals surface area contributed by atoms with E-state index in [1.54, 1.807) is 6.92 Å². The van der Waals surface area contributed by atoms with Crippen LogP contribution < -0.4 is 15.8 Å². The monoisotopic (exact) mass is 445 g/mol. The number of nitrogens with one attached hydrogen (secondary N) is 1. The first-order chi connectivity index (χ1) is 15.0. The van der Waals surface area contributed by atoms with Gasteiger partial charge in [-0.25, -0.2) is 15.0 Å². The number of carbonyl (C=O) groups is 2. The average molecular weight is 445 g/mol. The number of amides is 1. The van der Waals surface area contributed by atoms with Gasteiger partial charge in [-0.2, -0.15) is 13.2 Å². The number of Topliss-reactive ketones (excluding diaryl/α,β-unsaturated/α-hetero) is 1. The lowest BCUT2D eigenvalue weighted by Gasteiger charge is -2.14. The number of primary amides is 1. The van der Waals surface area contributed by atoms with Gasteiger partial charge in [-0.05, 0) is 50.2 Å². The number of hydrogen-bond donors (Lipinski definition) is 2. The van der Waals surface area contributed by atoms with Crippen molar-refractivity contribution < 1.29 is 27.5 Å². The van der Waals surface area contributed by atoms with Crippen LogP contribution in [0.5, 0.6) is 11.6 Å². The van der Waals surface area contributed by atoms with Crippen molar-refractivity contribution in [3.63, 3.8) is 0 Å². The second kappa shape index (κ2) is 9.00. The molecule has 1 aromatic carbocycles. The van der Waals surface area contributed by atoms with Crippen molar-refractivity contribution in [1.29, 1.82) is 0 Å². The molecule has 0 fully saturated rings. The molecule has 1 atom stereocenters. The van der Waals surface area contributed by atoms with Crippen LogP contribution in [0.2, 0.25) is 0 Å². The van der Waals surface area contributed by atoms with E-state index in [1.165, 1.54) is 49.5 Å². The first kappa shape index (κ1) is 22.7. The van der Waals surface area contributed by atoms with Crippen LogP contribution in [-0.2, 0) is 11.0 Å². The van der Waals surface area contributed by atoms with Gasteiger partial charge in [0.2, 0.25) is 5.88 Å². The predicted molar refractivity (Wildman–Crippen MR) is 109 cm³/mol. The van der Waals surface area contributed by atoms with E-state index in [4.69, 9.17) is 10.5 Å². The SMILES string of the molecule is CC(=O)[C@H](C)Nc1cc(C(N)=O)nc(-c2ccc(Oc3ncccc3C(F)(F)F)cc2)n1. The smallest absolute Gasteiger partial charge is 0.421 e. The lowest BCUT2D eigenvalue weighted by atomic mass is 10.2. The number of ether oxygens (including phenoxy) is 1. The molecule has 0 bridgehead atoms. The average Bonchev–Trinajstić information content (AvgIpc) is 2.73. The molecule has 166 valence electrons. The highest BCUT2D eigenvalue weighted by Gasteiger charge is 2.35. The Morgan fingerprint density at radius 2 is 1.81 bits per heavy atom. The molecule has 2 aromatic heterocycles. The molecule has 32 heavy (non-hydrogen) atoms. The molecule has 0 spiro atoms. The van der Waals surface area contributed by atoms with Gasteiger partial charge in [0.05, 0.1) is 6.04 Å². The molecule has 0 aliphatic heterocycles. The van der Waals surface area contributed by atoms with Crippen molar-refractivity contribution in [2.75, 3.05) is 5.32 Å². The van der Waals surface area contributed by atoms with Crippen molar-refractivity contribution in [3.8, 4) is 23.0 Å². The standard InChI is InChI=1S/C21H18F3N5O3/c1-11(12(2)30)27-17-10-16(18(25)31)28-19(29-17)13-5-7-14(8-6-13)32-20-15(21(22,23)24)4-3-9-26-20/h3-11H,1-2H3,(H2,25,31)(H,27,28,29)/t11-/m0/s1. The number of ketones is 1. The number of benzene rings is 1.